The number of benzene rings is 2. The molecule has 0 bridgehead atoms. The average molecular weight is 281 g/mol. The van der Waals surface area contributed by atoms with Crippen molar-refractivity contribution in [1.29, 1.82) is 0 Å². The molecule has 2 nitrogen and oxygen atoms in total. The van der Waals surface area contributed by atoms with Crippen LogP contribution >= 0.6 is 0 Å². The summed E-state index contributed by atoms with van der Waals surface area (Å²) in [4.78, 5) is 0. The van der Waals surface area contributed by atoms with Gasteiger partial charge in [-0.1, -0.05) is 50.2 Å². The largest absolute Gasteiger partial charge is 0.490 e. The quantitative estimate of drug-likeness (QED) is 0.916. The van der Waals surface area contributed by atoms with Crippen LogP contribution in [0.5, 0.6) is 5.75 Å². The first-order valence-electron chi connectivity index (χ1n) is 7.69. The molecule has 0 radical (unpaired) electrons. The Morgan fingerprint density at radius 1 is 1.00 bits per heavy atom. The van der Waals surface area contributed by atoms with Gasteiger partial charge in [0.25, 0.3) is 0 Å². The Morgan fingerprint density at radius 3 is 2.29 bits per heavy atom. The van der Waals surface area contributed by atoms with Crippen LogP contribution in [0, 0.1) is 0 Å². The fraction of sp³-hybridized carbons (Fsp3) is 0.368. The van der Waals surface area contributed by atoms with Crippen molar-refractivity contribution in [3.8, 4) is 5.75 Å². The van der Waals surface area contributed by atoms with Crippen LogP contribution in [0.25, 0.3) is 0 Å². The van der Waals surface area contributed by atoms with Crippen LogP contribution in [0.15, 0.2) is 42.5 Å². The van der Waals surface area contributed by atoms with Crippen molar-refractivity contribution < 1.29 is 4.74 Å². The summed E-state index contributed by atoms with van der Waals surface area (Å²) in [5, 5.41) is 0. The van der Waals surface area contributed by atoms with Gasteiger partial charge in [0.05, 0.1) is 6.04 Å². The molecule has 0 fully saturated rings. The first-order valence-corrected chi connectivity index (χ1v) is 7.69. The van der Waals surface area contributed by atoms with E-state index in [4.69, 9.17) is 10.5 Å². The van der Waals surface area contributed by atoms with Gasteiger partial charge in [-0.15, -0.1) is 0 Å². The van der Waals surface area contributed by atoms with E-state index in [-0.39, 0.29) is 12.1 Å². The SMILES string of the molecule is CC1Cc2cc(C(N)c3ccc(C(C)C)cc3)ccc2O1. The van der Waals surface area contributed by atoms with Gasteiger partial charge in [0, 0.05) is 6.42 Å². The predicted octanol–water partition coefficient (Wildman–Crippen LogP) is 4.18. The van der Waals surface area contributed by atoms with Gasteiger partial charge in [0.1, 0.15) is 11.9 Å². The summed E-state index contributed by atoms with van der Waals surface area (Å²) in [6.07, 6.45) is 1.25. The molecule has 0 aromatic heterocycles. The Balaban J connectivity index is 1.85. The molecular weight excluding hydrogens is 258 g/mol. The third-order valence-corrected chi connectivity index (χ3v) is 4.24. The highest BCUT2D eigenvalue weighted by molar-refractivity contribution is 5.44. The van der Waals surface area contributed by atoms with Gasteiger partial charge in [0.15, 0.2) is 0 Å². The minimum atomic E-state index is -0.0765. The lowest BCUT2D eigenvalue weighted by Crippen LogP contribution is -2.12. The molecule has 3 rings (SSSR count). The molecule has 110 valence electrons. The maximum atomic E-state index is 6.43. The Bertz CT molecular complexity index is 631. The number of ether oxygens (including phenoxy) is 1. The van der Waals surface area contributed by atoms with E-state index in [0.717, 1.165) is 23.3 Å². The summed E-state index contributed by atoms with van der Waals surface area (Å²) in [7, 11) is 0. The monoisotopic (exact) mass is 281 g/mol. The van der Waals surface area contributed by atoms with Crippen LogP contribution in [-0.2, 0) is 6.42 Å². The van der Waals surface area contributed by atoms with Gasteiger partial charge >= 0.3 is 0 Å². The zero-order valence-electron chi connectivity index (χ0n) is 13.0. The van der Waals surface area contributed by atoms with Crippen LogP contribution in [0.1, 0.15) is 55.0 Å². The first kappa shape index (κ1) is 14.2. The summed E-state index contributed by atoms with van der Waals surface area (Å²) in [5.74, 6) is 1.56. The second kappa shape index (κ2) is 5.53. The van der Waals surface area contributed by atoms with Crippen LogP contribution in [0.4, 0.5) is 0 Å². The molecule has 1 aliphatic rings. The molecule has 2 heteroatoms. The van der Waals surface area contributed by atoms with E-state index in [1.807, 2.05) is 0 Å². The summed E-state index contributed by atoms with van der Waals surface area (Å²) in [6.45, 7) is 6.51. The molecular formula is C19H23NO. The van der Waals surface area contributed by atoms with Gasteiger partial charge in [-0.25, -0.2) is 0 Å². The number of rotatable bonds is 3. The van der Waals surface area contributed by atoms with Crippen molar-refractivity contribution in [2.45, 2.75) is 45.3 Å². The van der Waals surface area contributed by atoms with Crippen molar-refractivity contribution in [3.63, 3.8) is 0 Å². The van der Waals surface area contributed by atoms with E-state index in [9.17, 15) is 0 Å². The zero-order valence-corrected chi connectivity index (χ0v) is 13.0. The third kappa shape index (κ3) is 2.81. The second-order valence-electron chi connectivity index (χ2n) is 6.30. The zero-order chi connectivity index (χ0) is 15.0. The first-order chi connectivity index (χ1) is 10.0. The molecule has 2 unspecified atom stereocenters. The molecule has 2 N–H and O–H groups in total. The lowest BCUT2D eigenvalue weighted by atomic mass is 9.94. The van der Waals surface area contributed by atoms with Gasteiger partial charge in [0.2, 0.25) is 0 Å². The standard InChI is InChI=1S/C19H23NO/c1-12(2)14-4-6-15(7-5-14)19(20)16-8-9-18-17(11-16)10-13(3)21-18/h4-9,11-13,19H,10,20H2,1-3H3. The molecule has 2 aromatic carbocycles. The molecule has 2 atom stereocenters. The predicted molar refractivity (Wildman–Crippen MR) is 86.8 cm³/mol. The summed E-state index contributed by atoms with van der Waals surface area (Å²) >= 11 is 0. The van der Waals surface area contributed by atoms with Crippen LogP contribution in [-0.4, -0.2) is 6.10 Å². The fourth-order valence-corrected chi connectivity index (χ4v) is 2.92. The highest BCUT2D eigenvalue weighted by Crippen LogP contribution is 2.32. The number of fused-ring (bicyclic) bond motifs is 1. The topological polar surface area (TPSA) is 35.2 Å². The van der Waals surface area contributed by atoms with Crippen molar-refractivity contribution >= 4 is 0 Å². The summed E-state index contributed by atoms with van der Waals surface area (Å²) in [6, 6.07) is 14.9. The molecule has 1 heterocycles. The van der Waals surface area contributed by atoms with Crippen LogP contribution in [0.3, 0.4) is 0 Å². The van der Waals surface area contributed by atoms with E-state index in [1.165, 1.54) is 11.1 Å². The molecule has 21 heavy (non-hydrogen) atoms. The minimum Gasteiger partial charge on any atom is -0.490 e. The maximum Gasteiger partial charge on any atom is 0.123 e. The molecule has 1 aliphatic heterocycles. The van der Waals surface area contributed by atoms with Crippen molar-refractivity contribution in [1.82, 2.24) is 0 Å². The number of hydrogen-bond acceptors (Lipinski definition) is 2. The molecule has 0 spiro atoms. The fourth-order valence-electron chi connectivity index (χ4n) is 2.92. The molecule has 2 aromatic rings. The highest BCUT2D eigenvalue weighted by atomic mass is 16.5. The van der Waals surface area contributed by atoms with E-state index < -0.39 is 0 Å². The van der Waals surface area contributed by atoms with E-state index in [2.05, 4.69) is 63.2 Å². The lowest BCUT2D eigenvalue weighted by Gasteiger charge is -2.15. The lowest BCUT2D eigenvalue weighted by molar-refractivity contribution is 0.254. The van der Waals surface area contributed by atoms with Crippen molar-refractivity contribution in [2.24, 2.45) is 5.73 Å². The Morgan fingerprint density at radius 2 is 1.62 bits per heavy atom. The van der Waals surface area contributed by atoms with Gasteiger partial charge in [-0.3, -0.25) is 0 Å². The highest BCUT2D eigenvalue weighted by Gasteiger charge is 2.20. The van der Waals surface area contributed by atoms with Crippen LogP contribution in [0.2, 0.25) is 0 Å². The van der Waals surface area contributed by atoms with E-state index in [0.29, 0.717) is 5.92 Å². The van der Waals surface area contributed by atoms with Gasteiger partial charge < -0.3 is 10.5 Å². The molecule has 0 saturated carbocycles. The average Bonchev–Trinajstić information content (AvgIpc) is 2.85. The smallest absolute Gasteiger partial charge is 0.123 e. The number of nitrogens with two attached hydrogens (primary N) is 1. The summed E-state index contributed by atoms with van der Waals surface area (Å²) in [5.41, 5.74) is 11.4. The minimum absolute atomic E-state index is 0.0765. The van der Waals surface area contributed by atoms with E-state index >= 15 is 0 Å². The Kier molecular flexibility index (Phi) is 3.73. The van der Waals surface area contributed by atoms with Crippen LogP contribution < -0.4 is 10.5 Å². The van der Waals surface area contributed by atoms with Gasteiger partial charge in [-0.2, -0.15) is 0 Å². The summed E-state index contributed by atoms with van der Waals surface area (Å²) < 4.78 is 5.75. The second-order valence-corrected chi connectivity index (χ2v) is 6.30. The maximum absolute atomic E-state index is 6.43. The van der Waals surface area contributed by atoms with Crippen molar-refractivity contribution in [3.05, 3.63) is 64.7 Å². The molecule has 0 aliphatic carbocycles. The Labute approximate surface area is 126 Å². The van der Waals surface area contributed by atoms with E-state index in [1.54, 1.807) is 0 Å². The number of hydrogen-bond donors (Lipinski definition) is 1. The van der Waals surface area contributed by atoms with Gasteiger partial charge in [-0.05, 0) is 41.2 Å². The molecule has 0 saturated heterocycles. The van der Waals surface area contributed by atoms with Crippen molar-refractivity contribution in [2.75, 3.05) is 0 Å². The Hall–Kier alpha value is -1.80. The molecule has 0 amide bonds. The normalized spacial score (nSPS) is 18.4. The third-order valence-electron chi connectivity index (χ3n) is 4.24.